The van der Waals surface area contributed by atoms with Crippen LogP contribution in [0.3, 0.4) is 0 Å². The molecule has 0 amide bonds. The molecule has 1 unspecified atom stereocenters. The van der Waals surface area contributed by atoms with Crippen LogP contribution in [-0.2, 0) is 29.0 Å². The predicted octanol–water partition coefficient (Wildman–Crippen LogP) is 3.18. The van der Waals surface area contributed by atoms with E-state index < -0.39 is 6.10 Å². The number of fused-ring (bicyclic) bond motifs is 1. The molecular formula is C26H35NO6. The molecule has 4 N–H and O–H groups in total. The summed E-state index contributed by atoms with van der Waals surface area (Å²) in [5.41, 5.74) is 3.66. The number of hydrogen-bond donors (Lipinski definition) is 4. The highest BCUT2D eigenvalue weighted by atomic mass is 16.5. The Hall–Kier alpha value is -2.61. The zero-order valence-corrected chi connectivity index (χ0v) is 19.3. The van der Waals surface area contributed by atoms with E-state index in [4.69, 9.17) is 9.47 Å². The highest BCUT2D eigenvalue weighted by Gasteiger charge is 2.20. The van der Waals surface area contributed by atoms with Gasteiger partial charge in [0.2, 0.25) is 0 Å². The first-order valence-corrected chi connectivity index (χ1v) is 11.7. The van der Waals surface area contributed by atoms with E-state index in [2.05, 4.69) is 17.4 Å². The number of aliphatic hydroxyl groups excluding tert-OH is 2. The van der Waals surface area contributed by atoms with Crippen LogP contribution in [0.25, 0.3) is 0 Å². The molecule has 0 fully saturated rings. The number of aromatic hydroxyl groups is 1. The summed E-state index contributed by atoms with van der Waals surface area (Å²) in [7, 11) is 0. The summed E-state index contributed by atoms with van der Waals surface area (Å²) < 4.78 is 10.8. The van der Waals surface area contributed by atoms with E-state index in [1.807, 2.05) is 13.0 Å². The molecule has 0 bridgehead atoms. The lowest BCUT2D eigenvalue weighted by Crippen LogP contribution is -2.37. The van der Waals surface area contributed by atoms with Crippen LogP contribution in [0, 0.1) is 0 Å². The molecule has 0 aromatic heterocycles. The number of nitrogens with one attached hydrogen (secondary N) is 1. The molecule has 7 heteroatoms. The van der Waals surface area contributed by atoms with Gasteiger partial charge in [-0.3, -0.25) is 4.79 Å². The van der Waals surface area contributed by atoms with Gasteiger partial charge in [0, 0.05) is 24.6 Å². The first kappa shape index (κ1) is 25.0. The summed E-state index contributed by atoms with van der Waals surface area (Å²) in [5, 5.41) is 33.0. The molecule has 1 aliphatic carbocycles. The van der Waals surface area contributed by atoms with Gasteiger partial charge in [-0.05, 0) is 80.0 Å². The Bertz CT molecular complexity index is 916. The Morgan fingerprint density at radius 2 is 2.03 bits per heavy atom. The highest BCUT2D eigenvalue weighted by Crippen LogP contribution is 2.27. The summed E-state index contributed by atoms with van der Waals surface area (Å²) in [6.45, 7) is 2.92. The smallest absolute Gasteiger partial charge is 0.305 e. The standard InChI is InChI=1S/C26H35NO6/c1-2-32-26(31)5-3-4-12-33-23-10-7-18-6-9-22(14-20(18)15-23)27-16-25(30)19-8-11-24(29)21(13-19)17-28/h7-8,10-11,13,15,22,25,27-30H,2-6,9,12,14,16-17H2,1H3/t22-,25?/m0/s1. The van der Waals surface area contributed by atoms with Crippen LogP contribution in [0.5, 0.6) is 11.5 Å². The van der Waals surface area contributed by atoms with Gasteiger partial charge in [0.05, 0.1) is 25.9 Å². The zero-order chi connectivity index (χ0) is 23.6. The fourth-order valence-electron chi connectivity index (χ4n) is 4.13. The third-order valence-corrected chi connectivity index (χ3v) is 6.01. The molecule has 1 aliphatic rings. The van der Waals surface area contributed by atoms with E-state index in [-0.39, 0.29) is 24.4 Å². The zero-order valence-electron chi connectivity index (χ0n) is 19.3. The Kier molecular flexibility index (Phi) is 9.54. The maximum atomic E-state index is 11.4. The number of hydrogen-bond acceptors (Lipinski definition) is 7. The topological polar surface area (TPSA) is 108 Å². The SMILES string of the molecule is CCOC(=O)CCCCOc1ccc2c(c1)C[C@@H](NCC(O)c1ccc(O)c(CO)c1)CC2. The Balaban J connectivity index is 1.46. The van der Waals surface area contributed by atoms with Crippen molar-refractivity contribution in [3.8, 4) is 11.5 Å². The fraction of sp³-hybridized carbons (Fsp3) is 0.500. The van der Waals surface area contributed by atoms with E-state index in [0.29, 0.717) is 37.3 Å². The number of ether oxygens (including phenoxy) is 2. The van der Waals surface area contributed by atoms with Crippen LogP contribution in [0.15, 0.2) is 36.4 Å². The number of phenols is 1. The van der Waals surface area contributed by atoms with Crippen molar-refractivity contribution >= 4 is 5.97 Å². The number of carbonyl (C=O) groups excluding carboxylic acids is 1. The number of esters is 1. The van der Waals surface area contributed by atoms with Crippen LogP contribution in [0.1, 0.15) is 61.0 Å². The maximum absolute atomic E-state index is 11.4. The molecule has 2 aromatic rings. The second-order valence-corrected chi connectivity index (χ2v) is 8.45. The van der Waals surface area contributed by atoms with Crippen LogP contribution >= 0.6 is 0 Å². The van der Waals surface area contributed by atoms with Crippen LogP contribution in [0.2, 0.25) is 0 Å². The summed E-state index contributed by atoms with van der Waals surface area (Å²) in [4.78, 5) is 11.4. The number of aryl methyl sites for hydroxylation is 1. The number of aliphatic hydroxyl groups is 2. The van der Waals surface area contributed by atoms with E-state index in [9.17, 15) is 20.1 Å². The average molecular weight is 458 g/mol. The quantitative estimate of drug-likeness (QED) is 0.286. The third-order valence-electron chi connectivity index (χ3n) is 6.01. The lowest BCUT2D eigenvalue weighted by Gasteiger charge is -2.27. The van der Waals surface area contributed by atoms with Crippen molar-refractivity contribution in [2.24, 2.45) is 0 Å². The number of benzene rings is 2. The van der Waals surface area contributed by atoms with Gasteiger partial charge < -0.3 is 30.1 Å². The minimum absolute atomic E-state index is 0.0299. The van der Waals surface area contributed by atoms with E-state index in [1.54, 1.807) is 12.1 Å². The molecule has 180 valence electrons. The summed E-state index contributed by atoms with van der Waals surface area (Å²) >= 11 is 0. The van der Waals surface area contributed by atoms with Crippen molar-refractivity contribution in [3.63, 3.8) is 0 Å². The van der Waals surface area contributed by atoms with Crippen molar-refractivity contribution in [3.05, 3.63) is 58.7 Å². The summed E-state index contributed by atoms with van der Waals surface area (Å²) in [5.74, 6) is 0.711. The van der Waals surface area contributed by atoms with Crippen molar-refractivity contribution in [2.75, 3.05) is 19.8 Å². The Labute approximate surface area is 195 Å². The third kappa shape index (κ3) is 7.45. The van der Waals surface area contributed by atoms with Crippen molar-refractivity contribution in [2.45, 2.75) is 64.2 Å². The van der Waals surface area contributed by atoms with Gasteiger partial charge in [-0.2, -0.15) is 0 Å². The van der Waals surface area contributed by atoms with Crippen molar-refractivity contribution in [1.82, 2.24) is 5.32 Å². The summed E-state index contributed by atoms with van der Waals surface area (Å²) in [6.07, 6.45) is 4.07. The van der Waals surface area contributed by atoms with Crippen LogP contribution in [-0.4, -0.2) is 47.1 Å². The van der Waals surface area contributed by atoms with Gasteiger partial charge in [-0.25, -0.2) is 0 Å². The minimum atomic E-state index is -0.721. The van der Waals surface area contributed by atoms with Gasteiger partial charge >= 0.3 is 5.97 Å². The molecule has 3 rings (SSSR count). The first-order valence-electron chi connectivity index (χ1n) is 11.7. The molecule has 0 aliphatic heterocycles. The first-order chi connectivity index (χ1) is 16.0. The summed E-state index contributed by atoms with van der Waals surface area (Å²) in [6, 6.07) is 11.3. The number of rotatable bonds is 12. The maximum Gasteiger partial charge on any atom is 0.305 e. The van der Waals surface area contributed by atoms with Crippen LogP contribution < -0.4 is 10.1 Å². The average Bonchev–Trinajstić information content (AvgIpc) is 2.82. The highest BCUT2D eigenvalue weighted by molar-refractivity contribution is 5.69. The molecule has 0 heterocycles. The van der Waals surface area contributed by atoms with Gasteiger partial charge in [-0.1, -0.05) is 12.1 Å². The van der Waals surface area contributed by atoms with Crippen LogP contribution in [0.4, 0.5) is 0 Å². The van der Waals surface area contributed by atoms with E-state index in [1.165, 1.54) is 17.2 Å². The second-order valence-electron chi connectivity index (χ2n) is 8.45. The molecule has 0 radical (unpaired) electrons. The Morgan fingerprint density at radius 3 is 2.82 bits per heavy atom. The molecule has 33 heavy (non-hydrogen) atoms. The molecule has 2 aromatic carbocycles. The van der Waals surface area contributed by atoms with E-state index in [0.717, 1.165) is 37.9 Å². The lowest BCUT2D eigenvalue weighted by atomic mass is 9.88. The lowest BCUT2D eigenvalue weighted by molar-refractivity contribution is -0.143. The molecular weight excluding hydrogens is 422 g/mol. The van der Waals surface area contributed by atoms with Gasteiger partial charge in [0.25, 0.3) is 0 Å². The molecule has 0 spiro atoms. The van der Waals surface area contributed by atoms with Gasteiger partial charge in [0.1, 0.15) is 11.5 Å². The van der Waals surface area contributed by atoms with E-state index >= 15 is 0 Å². The normalized spacial score (nSPS) is 16.2. The van der Waals surface area contributed by atoms with Gasteiger partial charge in [0.15, 0.2) is 0 Å². The van der Waals surface area contributed by atoms with Crippen molar-refractivity contribution < 1.29 is 29.6 Å². The minimum Gasteiger partial charge on any atom is -0.508 e. The second kappa shape index (κ2) is 12.6. The monoisotopic (exact) mass is 457 g/mol. The van der Waals surface area contributed by atoms with Gasteiger partial charge in [-0.15, -0.1) is 0 Å². The Morgan fingerprint density at radius 1 is 1.18 bits per heavy atom. The predicted molar refractivity (Wildman–Crippen MR) is 125 cm³/mol. The molecule has 7 nitrogen and oxygen atoms in total. The molecule has 0 saturated heterocycles. The fourth-order valence-corrected chi connectivity index (χ4v) is 4.13. The number of unbranched alkanes of at least 4 members (excludes halogenated alkanes) is 1. The molecule has 0 saturated carbocycles. The van der Waals surface area contributed by atoms with Crippen molar-refractivity contribution in [1.29, 1.82) is 0 Å². The number of carbonyl (C=O) groups is 1. The molecule has 2 atom stereocenters. The largest absolute Gasteiger partial charge is 0.508 e.